The number of carbonyl (C=O) groups excluding carboxylic acids is 1. The Morgan fingerprint density at radius 2 is 2.06 bits per heavy atom. The van der Waals surface area contributed by atoms with Crippen molar-refractivity contribution in [2.45, 2.75) is 19.3 Å². The minimum atomic E-state index is -0.940. The Bertz CT molecular complexity index is 317. The standard InChI is InChI=1S/C10H13N.CH4N2O2/c1-2-7-10-9(5-1)6-3-4-8-11-10;2-1(4)3-5/h1-2,5,7,11H,3-4,6,8H2;5H,(H3,2,3,4). The first-order valence-corrected chi connectivity index (χ1v) is 5.25. The number of fused-ring (bicyclic) bond motifs is 1. The third-order valence-electron chi connectivity index (χ3n) is 2.32. The van der Waals surface area contributed by atoms with Gasteiger partial charge in [-0.05, 0) is 30.9 Å². The molecule has 5 nitrogen and oxygen atoms in total. The van der Waals surface area contributed by atoms with E-state index in [2.05, 4.69) is 35.3 Å². The predicted molar refractivity (Wildman–Crippen MR) is 62.4 cm³/mol. The average Bonchev–Trinajstić information content (AvgIpc) is 2.54. The van der Waals surface area contributed by atoms with E-state index in [0.717, 1.165) is 6.54 Å². The second-order valence-corrected chi connectivity index (χ2v) is 3.52. The van der Waals surface area contributed by atoms with Gasteiger partial charge in [0.2, 0.25) is 0 Å². The van der Waals surface area contributed by atoms with Gasteiger partial charge in [-0.3, -0.25) is 5.21 Å². The number of amides is 2. The van der Waals surface area contributed by atoms with E-state index < -0.39 is 6.03 Å². The van der Waals surface area contributed by atoms with Crippen LogP contribution in [0.5, 0.6) is 0 Å². The van der Waals surface area contributed by atoms with Gasteiger partial charge in [-0.15, -0.1) is 0 Å². The van der Waals surface area contributed by atoms with Crippen molar-refractivity contribution in [3.05, 3.63) is 29.8 Å². The molecule has 0 bridgehead atoms. The Balaban J connectivity index is 0.000000221. The molecule has 1 aromatic rings. The molecule has 5 N–H and O–H groups in total. The molecule has 5 heteroatoms. The Kier molecular flexibility index (Phi) is 5.15. The maximum atomic E-state index is 9.23. The third kappa shape index (κ3) is 4.18. The van der Waals surface area contributed by atoms with Crippen molar-refractivity contribution in [3.63, 3.8) is 0 Å². The van der Waals surface area contributed by atoms with Crippen LogP contribution in [-0.4, -0.2) is 17.8 Å². The van der Waals surface area contributed by atoms with E-state index in [1.807, 2.05) is 0 Å². The molecule has 1 aliphatic heterocycles. The van der Waals surface area contributed by atoms with Crippen LogP contribution in [0.15, 0.2) is 24.3 Å². The van der Waals surface area contributed by atoms with Gasteiger partial charge in [0.1, 0.15) is 0 Å². The largest absolute Gasteiger partial charge is 0.385 e. The monoisotopic (exact) mass is 223 g/mol. The molecule has 0 radical (unpaired) electrons. The van der Waals surface area contributed by atoms with Crippen LogP contribution in [0, 0.1) is 0 Å². The molecule has 88 valence electrons. The molecular formula is C11H17N3O2. The van der Waals surface area contributed by atoms with E-state index in [4.69, 9.17) is 5.21 Å². The SMILES string of the molecule is NC(=O)NO.c1ccc2c(c1)CCCCN2. The molecule has 0 saturated carbocycles. The lowest BCUT2D eigenvalue weighted by Gasteiger charge is -2.04. The number of hydrogen-bond donors (Lipinski definition) is 4. The minimum Gasteiger partial charge on any atom is -0.385 e. The van der Waals surface area contributed by atoms with E-state index in [-0.39, 0.29) is 0 Å². The summed E-state index contributed by atoms with van der Waals surface area (Å²) in [7, 11) is 0. The number of hydroxylamine groups is 1. The number of hydrogen-bond acceptors (Lipinski definition) is 3. The topological polar surface area (TPSA) is 87.4 Å². The van der Waals surface area contributed by atoms with Crippen molar-refractivity contribution in [2.24, 2.45) is 5.73 Å². The second-order valence-electron chi connectivity index (χ2n) is 3.52. The van der Waals surface area contributed by atoms with E-state index >= 15 is 0 Å². The zero-order valence-electron chi connectivity index (χ0n) is 9.07. The molecule has 1 heterocycles. The molecule has 0 atom stereocenters. The first kappa shape index (κ1) is 12.3. The fourth-order valence-corrected chi connectivity index (χ4v) is 1.57. The summed E-state index contributed by atoms with van der Waals surface area (Å²) in [6, 6.07) is 7.65. The number of rotatable bonds is 0. The summed E-state index contributed by atoms with van der Waals surface area (Å²) < 4.78 is 0. The third-order valence-corrected chi connectivity index (χ3v) is 2.32. The van der Waals surface area contributed by atoms with Crippen molar-refractivity contribution in [3.8, 4) is 0 Å². The molecule has 1 aliphatic rings. The lowest BCUT2D eigenvalue weighted by molar-refractivity contribution is 0.169. The normalized spacial score (nSPS) is 13.3. The van der Waals surface area contributed by atoms with Crippen LogP contribution < -0.4 is 16.5 Å². The lowest BCUT2D eigenvalue weighted by Crippen LogP contribution is -2.25. The highest BCUT2D eigenvalue weighted by molar-refractivity contribution is 5.69. The van der Waals surface area contributed by atoms with Gasteiger partial charge >= 0.3 is 6.03 Å². The number of urea groups is 1. The van der Waals surface area contributed by atoms with Crippen LogP contribution in [0.25, 0.3) is 0 Å². The van der Waals surface area contributed by atoms with Gasteiger partial charge in [-0.1, -0.05) is 18.2 Å². The summed E-state index contributed by atoms with van der Waals surface area (Å²) in [5.41, 5.74) is 8.27. The van der Waals surface area contributed by atoms with Crippen LogP contribution >= 0.6 is 0 Å². The van der Waals surface area contributed by atoms with Crippen LogP contribution in [0.1, 0.15) is 18.4 Å². The summed E-state index contributed by atoms with van der Waals surface area (Å²) in [6.07, 6.45) is 3.86. The fourth-order valence-electron chi connectivity index (χ4n) is 1.57. The molecule has 0 fully saturated rings. The molecule has 2 rings (SSSR count). The molecule has 0 saturated heterocycles. The predicted octanol–water partition coefficient (Wildman–Crippen LogP) is 1.48. The molecule has 0 aliphatic carbocycles. The van der Waals surface area contributed by atoms with Gasteiger partial charge < -0.3 is 11.1 Å². The highest BCUT2D eigenvalue weighted by atomic mass is 16.5. The number of anilines is 1. The van der Waals surface area contributed by atoms with E-state index in [9.17, 15) is 4.79 Å². The number of primary amides is 1. The number of nitrogens with one attached hydrogen (secondary N) is 2. The van der Waals surface area contributed by atoms with Crippen molar-refractivity contribution >= 4 is 11.7 Å². The first-order chi connectivity index (χ1) is 7.74. The van der Waals surface area contributed by atoms with Gasteiger partial charge in [0.05, 0.1) is 0 Å². The Morgan fingerprint density at radius 3 is 2.75 bits per heavy atom. The van der Waals surface area contributed by atoms with Crippen LogP contribution in [0.3, 0.4) is 0 Å². The quantitative estimate of drug-likeness (QED) is 0.397. The number of nitrogens with two attached hydrogens (primary N) is 1. The van der Waals surface area contributed by atoms with Crippen molar-refractivity contribution in [1.82, 2.24) is 5.48 Å². The zero-order chi connectivity index (χ0) is 11.8. The van der Waals surface area contributed by atoms with Crippen LogP contribution in [0.4, 0.5) is 10.5 Å². The lowest BCUT2D eigenvalue weighted by atomic mass is 10.1. The van der Waals surface area contributed by atoms with Crippen LogP contribution in [0.2, 0.25) is 0 Å². The van der Waals surface area contributed by atoms with Crippen molar-refractivity contribution < 1.29 is 10.0 Å². The Hall–Kier alpha value is -1.75. The number of benzene rings is 1. The summed E-state index contributed by atoms with van der Waals surface area (Å²) in [4.78, 5) is 9.23. The Morgan fingerprint density at radius 1 is 1.38 bits per heavy atom. The maximum Gasteiger partial charge on any atom is 0.335 e. The molecule has 0 spiro atoms. The van der Waals surface area contributed by atoms with E-state index in [1.54, 1.807) is 0 Å². The minimum absolute atomic E-state index is 0.940. The van der Waals surface area contributed by atoms with Crippen molar-refractivity contribution in [1.29, 1.82) is 0 Å². The molecular weight excluding hydrogens is 206 g/mol. The fraction of sp³-hybridized carbons (Fsp3) is 0.364. The molecule has 0 aromatic heterocycles. The molecule has 16 heavy (non-hydrogen) atoms. The van der Waals surface area contributed by atoms with Gasteiger partial charge in [0.25, 0.3) is 0 Å². The Labute approximate surface area is 94.6 Å². The molecule has 2 amide bonds. The van der Waals surface area contributed by atoms with Crippen molar-refractivity contribution in [2.75, 3.05) is 11.9 Å². The zero-order valence-corrected chi connectivity index (χ0v) is 9.07. The number of para-hydroxylation sites is 1. The summed E-state index contributed by atoms with van der Waals surface area (Å²) in [6.45, 7) is 1.14. The van der Waals surface area contributed by atoms with E-state index in [1.165, 1.54) is 36.0 Å². The van der Waals surface area contributed by atoms with Crippen LogP contribution in [-0.2, 0) is 6.42 Å². The van der Waals surface area contributed by atoms with Gasteiger partial charge in [0, 0.05) is 12.2 Å². The maximum absolute atomic E-state index is 9.23. The number of carbonyl (C=O) groups is 1. The summed E-state index contributed by atoms with van der Waals surface area (Å²) in [5, 5.41) is 10.8. The summed E-state index contributed by atoms with van der Waals surface area (Å²) in [5.74, 6) is 0. The summed E-state index contributed by atoms with van der Waals surface area (Å²) >= 11 is 0. The van der Waals surface area contributed by atoms with Gasteiger partial charge in [-0.2, -0.15) is 0 Å². The average molecular weight is 223 g/mol. The second kappa shape index (κ2) is 6.68. The van der Waals surface area contributed by atoms with Gasteiger partial charge in [-0.25, -0.2) is 10.3 Å². The molecule has 1 aromatic carbocycles. The molecule has 0 unspecified atom stereocenters. The number of aryl methyl sites for hydroxylation is 1. The van der Waals surface area contributed by atoms with E-state index in [0.29, 0.717) is 0 Å². The highest BCUT2D eigenvalue weighted by Gasteiger charge is 2.04. The smallest absolute Gasteiger partial charge is 0.335 e. The highest BCUT2D eigenvalue weighted by Crippen LogP contribution is 2.19. The first-order valence-electron chi connectivity index (χ1n) is 5.25. The van der Waals surface area contributed by atoms with Gasteiger partial charge in [0.15, 0.2) is 0 Å².